The first-order valence-electron chi connectivity index (χ1n) is 8.22. The molecule has 0 aliphatic carbocycles. The molecule has 0 saturated heterocycles. The van der Waals surface area contributed by atoms with Gasteiger partial charge in [0.05, 0.1) is 17.8 Å². The number of hydrogen-bond acceptors (Lipinski definition) is 3. The number of carbonyl (C=O) groups is 1. The predicted octanol–water partition coefficient (Wildman–Crippen LogP) is 4.82. The van der Waals surface area contributed by atoms with Crippen molar-refractivity contribution < 1.29 is 9.53 Å². The molecule has 0 atom stereocenters. The smallest absolute Gasteiger partial charge is 0.414 e. The van der Waals surface area contributed by atoms with E-state index in [1.54, 1.807) is 20.2 Å². The number of ether oxygens (including phenoxy) is 1. The molecule has 126 valence electrons. The molecular formula is C21H20N2O2. The van der Waals surface area contributed by atoms with Gasteiger partial charge in [0.25, 0.3) is 0 Å². The van der Waals surface area contributed by atoms with Crippen LogP contribution in [0.5, 0.6) is 0 Å². The number of benzene rings is 2. The van der Waals surface area contributed by atoms with E-state index in [1.807, 2.05) is 66.7 Å². The lowest BCUT2D eigenvalue weighted by molar-refractivity contribution is 0.131. The number of hydrogen-bond donors (Lipinski definition) is 0. The number of rotatable bonds is 4. The van der Waals surface area contributed by atoms with Gasteiger partial charge in [-0.25, -0.2) is 4.79 Å². The summed E-state index contributed by atoms with van der Waals surface area (Å²) in [6, 6.07) is 19.7. The van der Waals surface area contributed by atoms with Gasteiger partial charge in [0.1, 0.15) is 0 Å². The van der Waals surface area contributed by atoms with Crippen LogP contribution in [0, 0.1) is 0 Å². The third kappa shape index (κ3) is 3.69. The number of para-hydroxylation sites is 1. The van der Waals surface area contributed by atoms with E-state index in [0.717, 1.165) is 27.7 Å². The largest absolute Gasteiger partial charge is 0.449 e. The van der Waals surface area contributed by atoms with E-state index in [4.69, 9.17) is 4.74 Å². The Morgan fingerprint density at radius 2 is 1.80 bits per heavy atom. The van der Waals surface area contributed by atoms with E-state index in [2.05, 4.69) is 4.98 Å². The van der Waals surface area contributed by atoms with Crippen LogP contribution in [0.25, 0.3) is 22.7 Å². The van der Waals surface area contributed by atoms with Gasteiger partial charge >= 0.3 is 6.09 Å². The number of amides is 1. The molecule has 0 saturated carbocycles. The van der Waals surface area contributed by atoms with Crippen LogP contribution in [0.1, 0.15) is 18.1 Å². The Morgan fingerprint density at radius 3 is 2.56 bits per heavy atom. The number of nitrogens with zero attached hydrogens (tertiary/aromatic N) is 2. The second kappa shape index (κ2) is 7.62. The fourth-order valence-electron chi connectivity index (χ4n) is 2.70. The monoisotopic (exact) mass is 332 g/mol. The van der Waals surface area contributed by atoms with Crippen LogP contribution in [0.3, 0.4) is 0 Å². The van der Waals surface area contributed by atoms with Crippen LogP contribution < -0.4 is 0 Å². The van der Waals surface area contributed by atoms with Gasteiger partial charge in [-0.15, -0.1) is 0 Å². The molecule has 1 aromatic heterocycles. The average Bonchev–Trinajstić information content (AvgIpc) is 2.66. The van der Waals surface area contributed by atoms with Crippen molar-refractivity contribution in [3.63, 3.8) is 0 Å². The minimum atomic E-state index is -0.384. The van der Waals surface area contributed by atoms with Crippen molar-refractivity contribution in [2.24, 2.45) is 0 Å². The van der Waals surface area contributed by atoms with Gasteiger partial charge in [-0.2, -0.15) is 0 Å². The molecule has 3 rings (SSSR count). The minimum absolute atomic E-state index is 0.332. The van der Waals surface area contributed by atoms with E-state index < -0.39 is 0 Å². The van der Waals surface area contributed by atoms with Gasteiger partial charge in [0.2, 0.25) is 0 Å². The van der Waals surface area contributed by atoms with Crippen molar-refractivity contribution in [2.45, 2.75) is 6.92 Å². The Morgan fingerprint density at radius 1 is 1.08 bits per heavy atom. The number of aromatic nitrogens is 1. The molecule has 1 heterocycles. The summed E-state index contributed by atoms with van der Waals surface area (Å²) in [4.78, 5) is 18.3. The van der Waals surface area contributed by atoms with E-state index in [1.165, 1.54) is 4.90 Å². The lowest BCUT2D eigenvalue weighted by Gasteiger charge is -2.21. The highest BCUT2D eigenvalue weighted by Gasteiger charge is 2.18. The van der Waals surface area contributed by atoms with E-state index in [0.29, 0.717) is 6.61 Å². The Balaban J connectivity index is 2.16. The maximum absolute atomic E-state index is 12.3. The van der Waals surface area contributed by atoms with Gasteiger partial charge in [-0.1, -0.05) is 48.5 Å². The first kappa shape index (κ1) is 16.7. The molecule has 0 aliphatic heterocycles. The molecule has 0 aliphatic rings. The van der Waals surface area contributed by atoms with Crippen molar-refractivity contribution in [1.82, 2.24) is 9.88 Å². The van der Waals surface area contributed by atoms with Crippen molar-refractivity contribution in [1.29, 1.82) is 0 Å². The minimum Gasteiger partial charge on any atom is -0.449 e. The quantitative estimate of drug-likeness (QED) is 0.688. The highest BCUT2D eigenvalue weighted by Crippen LogP contribution is 2.28. The summed E-state index contributed by atoms with van der Waals surface area (Å²) in [5.41, 5.74) is 3.60. The lowest BCUT2D eigenvalue weighted by atomic mass is 10.0. The van der Waals surface area contributed by atoms with E-state index in [-0.39, 0.29) is 6.09 Å². The van der Waals surface area contributed by atoms with Crippen LogP contribution in [-0.4, -0.2) is 29.6 Å². The molecule has 0 N–H and O–H groups in total. The van der Waals surface area contributed by atoms with Crippen LogP contribution >= 0.6 is 0 Å². The molecular weight excluding hydrogens is 312 g/mol. The first-order valence-corrected chi connectivity index (χ1v) is 8.22. The van der Waals surface area contributed by atoms with Gasteiger partial charge in [0.15, 0.2) is 0 Å². The lowest BCUT2D eigenvalue weighted by Crippen LogP contribution is -2.26. The zero-order valence-electron chi connectivity index (χ0n) is 14.3. The normalized spacial score (nSPS) is 11.4. The first-order chi connectivity index (χ1) is 12.2. The van der Waals surface area contributed by atoms with Crippen LogP contribution in [0.4, 0.5) is 4.79 Å². The van der Waals surface area contributed by atoms with Crippen molar-refractivity contribution in [2.75, 3.05) is 13.7 Å². The van der Waals surface area contributed by atoms with Gasteiger partial charge in [0, 0.05) is 24.2 Å². The Hall–Kier alpha value is -3.14. The van der Waals surface area contributed by atoms with Gasteiger partial charge in [-0.3, -0.25) is 9.88 Å². The zero-order valence-corrected chi connectivity index (χ0v) is 14.3. The average molecular weight is 332 g/mol. The molecule has 4 heteroatoms. The zero-order chi connectivity index (χ0) is 17.6. The maximum Gasteiger partial charge on any atom is 0.414 e. The Labute approximate surface area is 147 Å². The second-order valence-electron chi connectivity index (χ2n) is 5.57. The summed E-state index contributed by atoms with van der Waals surface area (Å²) >= 11 is 0. The SMILES string of the molecule is CCOC(=O)N(C)C(=Cc1ccccc1)c1ccnc2ccccc12. The molecule has 2 aromatic carbocycles. The Kier molecular flexibility index (Phi) is 5.09. The van der Waals surface area contributed by atoms with Crippen LogP contribution in [0.2, 0.25) is 0 Å². The summed E-state index contributed by atoms with van der Waals surface area (Å²) < 4.78 is 5.19. The number of carbonyl (C=O) groups excluding carboxylic acids is 1. The fourth-order valence-corrected chi connectivity index (χ4v) is 2.70. The molecule has 0 bridgehead atoms. The highest BCUT2D eigenvalue weighted by atomic mass is 16.6. The summed E-state index contributed by atoms with van der Waals surface area (Å²) in [6.45, 7) is 2.13. The summed E-state index contributed by atoms with van der Waals surface area (Å²) in [5, 5.41) is 0.989. The van der Waals surface area contributed by atoms with Gasteiger partial charge in [-0.05, 0) is 30.7 Å². The van der Waals surface area contributed by atoms with Crippen LogP contribution in [-0.2, 0) is 4.74 Å². The second-order valence-corrected chi connectivity index (χ2v) is 5.57. The summed E-state index contributed by atoms with van der Waals surface area (Å²) in [5.74, 6) is 0. The molecule has 3 aromatic rings. The van der Waals surface area contributed by atoms with E-state index >= 15 is 0 Å². The van der Waals surface area contributed by atoms with Gasteiger partial charge < -0.3 is 4.74 Å². The molecule has 0 spiro atoms. The number of pyridine rings is 1. The third-order valence-corrected chi connectivity index (χ3v) is 3.93. The molecule has 1 amide bonds. The van der Waals surface area contributed by atoms with Crippen molar-refractivity contribution in [3.05, 3.63) is 78.0 Å². The third-order valence-electron chi connectivity index (χ3n) is 3.93. The highest BCUT2D eigenvalue weighted by molar-refractivity contribution is 5.98. The van der Waals surface area contributed by atoms with Crippen molar-refractivity contribution >= 4 is 28.8 Å². The summed E-state index contributed by atoms with van der Waals surface area (Å²) in [6.07, 6.45) is 3.36. The topological polar surface area (TPSA) is 42.4 Å². The number of fused-ring (bicyclic) bond motifs is 1. The molecule has 0 radical (unpaired) electrons. The predicted molar refractivity (Wildman–Crippen MR) is 101 cm³/mol. The standard InChI is InChI=1S/C21H20N2O2/c1-3-25-21(24)23(2)20(15-16-9-5-4-6-10-16)18-13-14-22-19-12-8-7-11-17(18)19/h4-15H,3H2,1-2H3. The Bertz CT molecular complexity index is 899. The molecule has 4 nitrogen and oxygen atoms in total. The molecule has 25 heavy (non-hydrogen) atoms. The van der Waals surface area contributed by atoms with Crippen LogP contribution in [0.15, 0.2) is 66.9 Å². The fraction of sp³-hybridized carbons (Fsp3) is 0.143. The molecule has 0 fully saturated rings. The summed E-state index contributed by atoms with van der Waals surface area (Å²) in [7, 11) is 1.72. The van der Waals surface area contributed by atoms with Crippen molar-refractivity contribution in [3.8, 4) is 0 Å². The van der Waals surface area contributed by atoms with E-state index in [9.17, 15) is 4.79 Å². The molecule has 0 unspecified atom stereocenters. The maximum atomic E-state index is 12.3.